The van der Waals surface area contributed by atoms with Gasteiger partial charge in [0.25, 0.3) is 5.91 Å². The quantitative estimate of drug-likeness (QED) is 0.703. The number of likely N-dealkylation sites (N-methyl/N-ethyl adjacent to an activating group) is 1. The zero-order valence-corrected chi connectivity index (χ0v) is 15.9. The van der Waals surface area contributed by atoms with Crippen molar-refractivity contribution in [3.05, 3.63) is 77.0 Å². The highest BCUT2D eigenvalue weighted by Crippen LogP contribution is 2.20. The Labute approximate surface area is 163 Å². The molecule has 6 nitrogen and oxygen atoms in total. The zero-order chi connectivity index (χ0) is 19.2. The van der Waals surface area contributed by atoms with E-state index in [1.165, 1.54) is 11.9 Å². The molecule has 3 aromatic rings. The smallest absolute Gasteiger partial charge is 0.274 e. The maximum Gasteiger partial charge on any atom is 0.274 e. The maximum atomic E-state index is 12.5. The summed E-state index contributed by atoms with van der Waals surface area (Å²) in [6.07, 6.45) is 5.82. The summed E-state index contributed by atoms with van der Waals surface area (Å²) in [6, 6.07) is 11.0. The fourth-order valence-electron chi connectivity index (χ4n) is 2.59. The molecule has 2 heterocycles. The van der Waals surface area contributed by atoms with E-state index in [1.807, 2.05) is 31.0 Å². The lowest BCUT2D eigenvalue weighted by Crippen LogP contribution is -2.23. The van der Waals surface area contributed by atoms with Crippen molar-refractivity contribution >= 4 is 29.0 Å². The van der Waals surface area contributed by atoms with Crippen molar-refractivity contribution < 1.29 is 4.79 Å². The molecule has 0 atom stereocenters. The van der Waals surface area contributed by atoms with Crippen molar-refractivity contribution in [2.75, 3.05) is 23.8 Å². The molecule has 27 heavy (non-hydrogen) atoms. The standard InChI is InChI=1S/C20H20ClN5O/c1-14-11-16(21)3-4-17(14)25-20(27)18-12-19(24-13-23-18)26(2)10-7-15-5-8-22-9-6-15/h3-6,8-9,11-13H,7,10H2,1-2H3,(H,25,27). The highest BCUT2D eigenvalue weighted by atomic mass is 35.5. The summed E-state index contributed by atoms with van der Waals surface area (Å²) in [5.41, 5.74) is 3.10. The summed E-state index contributed by atoms with van der Waals surface area (Å²) < 4.78 is 0. The van der Waals surface area contributed by atoms with E-state index in [2.05, 4.69) is 20.3 Å². The number of hydrogen-bond acceptors (Lipinski definition) is 5. The third-order valence-corrected chi connectivity index (χ3v) is 4.43. The number of anilines is 2. The number of nitrogens with zero attached hydrogens (tertiary/aromatic N) is 4. The molecule has 0 aliphatic heterocycles. The Hall–Kier alpha value is -2.99. The molecule has 0 unspecified atom stereocenters. The summed E-state index contributed by atoms with van der Waals surface area (Å²) in [6.45, 7) is 2.65. The van der Waals surface area contributed by atoms with E-state index < -0.39 is 0 Å². The molecule has 7 heteroatoms. The number of nitrogens with one attached hydrogen (secondary N) is 1. The number of amides is 1. The molecule has 0 bridgehead atoms. The predicted octanol–water partition coefficient (Wildman–Crippen LogP) is 3.76. The largest absolute Gasteiger partial charge is 0.359 e. The fraction of sp³-hybridized carbons (Fsp3) is 0.200. The van der Waals surface area contributed by atoms with Gasteiger partial charge in [-0.1, -0.05) is 11.6 Å². The SMILES string of the molecule is Cc1cc(Cl)ccc1NC(=O)c1cc(N(C)CCc2ccncc2)ncn1. The minimum Gasteiger partial charge on any atom is -0.359 e. The van der Waals surface area contributed by atoms with Crippen molar-refractivity contribution in [2.45, 2.75) is 13.3 Å². The molecule has 1 N–H and O–H groups in total. The molecule has 3 rings (SSSR count). The molecule has 0 saturated heterocycles. The number of halogens is 1. The van der Waals surface area contributed by atoms with Gasteiger partial charge in [-0.2, -0.15) is 0 Å². The van der Waals surface area contributed by atoms with Crippen molar-refractivity contribution in [3.63, 3.8) is 0 Å². The first-order valence-electron chi connectivity index (χ1n) is 8.52. The van der Waals surface area contributed by atoms with E-state index in [-0.39, 0.29) is 5.91 Å². The molecule has 138 valence electrons. The number of carbonyl (C=O) groups excluding carboxylic acids is 1. The summed E-state index contributed by atoms with van der Waals surface area (Å²) in [4.78, 5) is 26.9. The number of hydrogen-bond donors (Lipinski definition) is 1. The van der Waals surface area contributed by atoms with Crippen LogP contribution >= 0.6 is 11.6 Å². The molecule has 2 aromatic heterocycles. The second-order valence-electron chi connectivity index (χ2n) is 6.20. The molecular weight excluding hydrogens is 362 g/mol. The van der Waals surface area contributed by atoms with Crippen LogP contribution in [0.2, 0.25) is 5.02 Å². The minimum atomic E-state index is -0.286. The summed E-state index contributed by atoms with van der Waals surface area (Å²) in [5.74, 6) is 0.406. The first-order valence-corrected chi connectivity index (χ1v) is 8.90. The van der Waals surface area contributed by atoms with Crippen LogP contribution in [0.3, 0.4) is 0 Å². The summed E-state index contributed by atoms with van der Waals surface area (Å²) in [5, 5.41) is 3.49. The Morgan fingerprint density at radius 2 is 1.93 bits per heavy atom. The first-order chi connectivity index (χ1) is 13.0. The van der Waals surface area contributed by atoms with E-state index in [9.17, 15) is 4.79 Å². The van der Waals surface area contributed by atoms with Gasteiger partial charge in [-0.25, -0.2) is 9.97 Å². The molecular formula is C20H20ClN5O. The lowest BCUT2D eigenvalue weighted by atomic mass is 10.2. The van der Waals surface area contributed by atoms with Crippen LogP contribution in [0.4, 0.5) is 11.5 Å². The van der Waals surface area contributed by atoms with Crippen LogP contribution in [0.15, 0.2) is 55.1 Å². The summed E-state index contributed by atoms with van der Waals surface area (Å²) >= 11 is 5.96. The normalized spacial score (nSPS) is 10.5. The van der Waals surface area contributed by atoms with Crippen LogP contribution < -0.4 is 10.2 Å². The number of rotatable bonds is 6. The minimum absolute atomic E-state index is 0.286. The molecule has 0 aliphatic carbocycles. The maximum absolute atomic E-state index is 12.5. The fourth-order valence-corrected chi connectivity index (χ4v) is 2.82. The van der Waals surface area contributed by atoms with Gasteiger partial charge in [-0.05, 0) is 54.8 Å². The Kier molecular flexibility index (Phi) is 5.98. The van der Waals surface area contributed by atoms with Crippen molar-refractivity contribution in [3.8, 4) is 0 Å². The Morgan fingerprint density at radius 3 is 2.67 bits per heavy atom. The topological polar surface area (TPSA) is 71.0 Å². The Morgan fingerprint density at radius 1 is 1.15 bits per heavy atom. The predicted molar refractivity (Wildman–Crippen MR) is 107 cm³/mol. The Bertz CT molecular complexity index is 933. The van der Waals surface area contributed by atoms with Crippen LogP contribution in [0.5, 0.6) is 0 Å². The molecule has 1 aromatic carbocycles. The van der Waals surface area contributed by atoms with E-state index in [1.54, 1.807) is 36.7 Å². The van der Waals surface area contributed by atoms with E-state index in [4.69, 9.17) is 11.6 Å². The molecule has 0 spiro atoms. The lowest BCUT2D eigenvalue weighted by Gasteiger charge is -2.18. The number of pyridine rings is 1. The van der Waals surface area contributed by atoms with E-state index >= 15 is 0 Å². The van der Waals surface area contributed by atoms with Crippen LogP contribution in [0, 0.1) is 6.92 Å². The molecule has 1 amide bonds. The second-order valence-corrected chi connectivity index (χ2v) is 6.64. The monoisotopic (exact) mass is 381 g/mol. The third kappa shape index (κ3) is 5.01. The van der Waals surface area contributed by atoms with Gasteiger partial charge in [0.2, 0.25) is 0 Å². The van der Waals surface area contributed by atoms with Gasteiger partial charge in [0.1, 0.15) is 17.8 Å². The average Bonchev–Trinajstić information content (AvgIpc) is 2.69. The molecule has 0 fully saturated rings. The van der Waals surface area contributed by atoms with Gasteiger partial charge in [0, 0.05) is 42.8 Å². The summed E-state index contributed by atoms with van der Waals surface area (Å²) in [7, 11) is 1.94. The highest BCUT2D eigenvalue weighted by Gasteiger charge is 2.12. The first kappa shape index (κ1) is 18.8. The van der Waals surface area contributed by atoms with E-state index in [0.717, 1.165) is 18.5 Å². The van der Waals surface area contributed by atoms with Crippen molar-refractivity contribution in [1.29, 1.82) is 0 Å². The van der Waals surface area contributed by atoms with Crippen molar-refractivity contribution in [2.24, 2.45) is 0 Å². The van der Waals surface area contributed by atoms with Gasteiger partial charge < -0.3 is 10.2 Å². The molecule has 0 saturated carbocycles. The third-order valence-electron chi connectivity index (χ3n) is 4.20. The van der Waals surface area contributed by atoms with Crippen LogP contribution in [-0.2, 0) is 6.42 Å². The van der Waals surface area contributed by atoms with Gasteiger partial charge >= 0.3 is 0 Å². The average molecular weight is 382 g/mol. The number of aryl methyl sites for hydroxylation is 1. The Balaban J connectivity index is 1.67. The number of benzene rings is 1. The van der Waals surface area contributed by atoms with Gasteiger partial charge in [0.15, 0.2) is 0 Å². The molecule has 0 radical (unpaired) electrons. The lowest BCUT2D eigenvalue weighted by molar-refractivity contribution is 0.102. The number of carbonyl (C=O) groups is 1. The van der Waals surface area contributed by atoms with Gasteiger partial charge in [-0.15, -0.1) is 0 Å². The van der Waals surface area contributed by atoms with Crippen LogP contribution in [0.1, 0.15) is 21.6 Å². The van der Waals surface area contributed by atoms with Crippen molar-refractivity contribution in [1.82, 2.24) is 15.0 Å². The number of aromatic nitrogens is 3. The second kappa shape index (κ2) is 8.60. The van der Waals surface area contributed by atoms with Crippen LogP contribution in [-0.4, -0.2) is 34.5 Å². The van der Waals surface area contributed by atoms with Gasteiger partial charge in [0.05, 0.1) is 0 Å². The van der Waals surface area contributed by atoms with Gasteiger partial charge in [-0.3, -0.25) is 9.78 Å². The van der Waals surface area contributed by atoms with Crippen LogP contribution in [0.25, 0.3) is 0 Å². The highest BCUT2D eigenvalue weighted by molar-refractivity contribution is 6.30. The molecule has 0 aliphatic rings. The van der Waals surface area contributed by atoms with E-state index in [0.29, 0.717) is 22.2 Å². The zero-order valence-electron chi connectivity index (χ0n) is 15.2.